The summed E-state index contributed by atoms with van der Waals surface area (Å²) < 4.78 is 10.6. The van der Waals surface area contributed by atoms with Crippen molar-refractivity contribution in [2.75, 3.05) is 18.4 Å². The topological polar surface area (TPSA) is 169 Å². The fourth-order valence-electron chi connectivity index (χ4n) is 8.46. The molecule has 1 saturated heterocycles. The number of nitrogens with zero attached hydrogens (tertiary/aromatic N) is 2. The molecular weight excluding hydrogens is 735 g/mol. The molecule has 12 heteroatoms. The molecule has 312 valence electrons. The van der Waals surface area contributed by atoms with E-state index in [4.69, 9.17) is 9.47 Å². The molecule has 6 rings (SSSR count). The Morgan fingerprint density at radius 1 is 0.966 bits per heavy atom. The SMILES string of the molecule is CC(OC(=O)CCCC=CC[C@@H]1[C@@H](CCC(O)CCc2ccccc2)[C@H](O)C[C@@H]1O)OC(=O)NCc1cccc(CN2CCCC(Nc3ccc4[nH]ncc4c3)C2)c1. The third kappa shape index (κ3) is 13.4. The Kier molecular flexibility index (Phi) is 16.1. The average molecular weight is 796 g/mol. The normalized spacial score (nSPS) is 22.2. The maximum atomic E-state index is 12.5. The fourth-order valence-corrected chi connectivity index (χ4v) is 8.46. The van der Waals surface area contributed by atoms with Gasteiger partial charge in [-0.1, -0.05) is 66.7 Å². The number of alkyl carbamates (subject to hydrolysis) is 1. The molecule has 1 aliphatic carbocycles. The van der Waals surface area contributed by atoms with Gasteiger partial charge in [0.05, 0.1) is 30.0 Å². The molecule has 0 bridgehead atoms. The number of aromatic amines is 1. The van der Waals surface area contributed by atoms with Crippen LogP contribution in [0.1, 0.15) is 87.8 Å². The van der Waals surface area contributed by atoms with Crippen LogP contribution in [-0.2, 0) is 33.8 Å². The van der Waals surface area contributed by atoms with Crippen molar-refractivity contribution in [1.29, 1.82) is 0 Å². The lowest BCUT2D eigenvalue weighted by molar-refractivity contribution is -0.164. The van der Waals surface area contributed by atoms with E-state index in [9.17, 15) is 24.9 Å². The Balaban J connectivity index is 0.829. The molecule has 7 atom stereocenters. The van der Waals surface area contributed by atoms with Gasteiger partial charge in [0, 0.05) is 50.1 Å². The van der Waals surface area contributed by atoms with Crippen LogP contribution in [0.2, 0.25) is 0 Å². The van der Waals surface area contributed by atoms with Crippen LogP contribution >= 0.6 is 0 Å². The molecule has 58 heavy (non-hydrogen) atoms. The highest BCUT2D eigenvalue weighted by Gasteiger charge is 2.40. The van der Waals surface area contributed by atoms with Crippen LogP contribution in [0.25, 0.3) is 10.9 Å². The van der Waals surface area contributed by atoms with Crippen molar-refractivity contribution in [2.45, 2.75) is 121 Å². The number of carbonyl (C=O) groups is 2. The average Bonchev–Trinajstić information content (AvgIpc) is 3.79. The summed E-state index contributed by atoms with van der Waals surface area (Å²) in [7, 11) is 0. The molecule has 2 fully saturated rings. The molecule has 1 aromatic heterocycles. The molecule has 2 aliphatic rings. The number of unbranched alkanes of at least 4 members (excludes halogenated alkanes) is 1. The van der Waals surface area contributed by atoms with Crippen LogP contribution in [0.4, 0.5) is 10.5 Å². The Morgan fingerprint density at radius 2 is 1.78 bits per heavy atom. The largest absolute Gasteiger partial charge is 0.425 e. The number of rotatable bonds is 20. The van der Waals surface area contributed by atoms with Gasteiger partial charge in [-0.15, -0.1) is 0 Å². The van der Waals surface area contributed by atoms with Crippen LogP contribution in [0.5, 0.6) is 0 Å². The minimum Gasteiger partial charge on any atom is -0.425 e. The molecular formula is C46H61N5O7. The number of ether oxygens (including phenoxy) is 2. The van der Waals surface area contributed by atoms with E-state index in [1.165, 1.54) is 18.1 Å². The zero-order valence-electron chi connectivity index (χ0n) is 33.7. The lowest BCUT2D eigenvalue weighted by atomic mass is 9.85. The number of aliphatic hydroxyl groups is 3. The number of aromatic nitrogens is 2. The molecule has 6 N–H and O–H groups in total. The van der Waals surface area contributed by atoms with E-state index in [0.29, 0.717) is 51.0 Å². The standard InChI is InChI=1S/C46H61N5O7/c1-32(57-45(55)17-8-3-2-7-16-40-41(44(54)27-43(40)53)22-21-39(52)20-18-33-11-5-4-6-12-33)58-46(56)47-28-34-13-9-14-35(25-34)30-51-24-10-15-38(31-51)49-37-19-23-42-36(26-37)29-48-50-42/h2,4-7,9,11-14,19,23,25-26,29,32,38-41,43-44,49,52-54H,3,8,10,15-18,20-22,24,27-28,30-31H2,1H3,(H,47,56)(H,48,50)/t32?,38?,39?,40-,41-,43+,44-/m1/s1. The van der Waals surface area contributed by atoms with Gasteiger partial charge in [-0.25, -0.2) is 4.79 Å². The number of likely N-dealkylation sites (tertiary alicyclic amines) is 1. The zero-order valence-corrected chi connectivity index (χ0v) is 33.7. The second-order valence-corrected chi connectivity index (χ2v) is 16.1. The quantitative estimate of drug-likeness (QED) is 0.0237. The highest BCUT2D eigenvalue weighted by Crippen LogP contribution is 2.38. The van der Waals surface area contributed by atoms with Gasteiger partial charge in [-0.05, 0) is 117 Å². The van der Waals surface area contributed by atoms with Crippen molar-refractivity contribution < 1.29 is 34.4 Å². The minimum absolute atomic E-state index is 0.0672. The maximum absolute atomic E-state index is 12.5. The summed E-state index contributed by atoms with van der Waals surface area (Å²) >= 11 is 0. The number of allylic oxidation sites excluding steroid dienone is 2. The van der Waals surface area contributed by atoms with Crippen LogP contribution in [0.3, 0.4) is 0 Å². The number of anilines is 1. The lowest BCUT2D eigenvalue weighted by Crippen LogP contribution is -2.41. The molecule has 3 unspecified atom stereocenters. The van der Waals surface area contributed by atoms with Crippen molar-refractivity contribution in [2.24, 2.45) is 11.8 Å². The molecule has 3 aromatic carbocycles. The number of nitrogens with one attached hydrogen (secondary N) is 3. The Labute approximate surface area is 342 Å². The van der Waals surface area contributed by atoms with Crippen molar-refractivity contribution in [3.63, 3.8) is 0 Å². The fraction of sp³-hybridized carbons (Fsp3) is 0.500. The van der Waals surface area contributed by atoms with Gasteiger partial charge >= 0.3 is 12.1 Å². The molecule has 1 amide bonds. The minimum atomic E-state index is -1.03. The zero-order chi connectivity index (χ0) is 40.7. The van der Waals surface area contributed by atoms with E-state index in [1.807, 2.05) is 48.7 Å². The van der Waals surface area contributed by atoms with Gasteiger partial charge in [-0.3, -0.25) is 14.8 Å². The first-order valence-corrected chi connectivity index (χ1v) is 21.1. The number of H-pyrrole nitrogens is 1. The monoisotopic (exact) mass is 795 g/mol. The third-order valence-electron chi connectivity index (χ3n) is 11.5. The van der Waals surface area contributed by atoms with Crippen LogP contribution in [-0.4, -0.2) is 86.2 Å². The number of aliphatic hydroxyl groups excluding tert-OH is 3. The Bertz CT molecular complexity index is 1900. The number of fused-ring (bicyclic) bond motifs is 1. The summed E-state index contributed by atoms with van der Waals surface area (Å²) in [5.74, 6) is -0.588. The molecule has 1 saturated carbocycles. The van der Waals surface area contributed by atoms with E-state index in [0.717, 1.165) is 61.1 Å². The van der Waals surface area contributed by atoms with Gasteiger partial charge in [-0.2, -0.15) is 5.10 Å². The van der Waals surface area contributed by atoms with Crippen molar-refractivity contribution >= 4 is 28.7 Å². The number of amides is 1. The molecule has 0 radical (unpaired) electrons. The number of hydrogen-bond acceptors (Lipinski definition) is 10. The van der Waals surface area contributed by atoms with Gasteiger partial charge < -0.3 is 35.4 Å². The first-order chi connectivity index (χ1) is 28.2. The second-order valence-electron chi connectivity index (χ2n) is 16.1. The summed E-state index contributed by atoms with van der Waals surface area (Å²) in [6, 6.07) is 24.9. The summed E-state index contributed by atoms with van der Waals surface area (Å²) in [6.45, 7) is 4.59. The van der Waals surface area contributed by atoms with E-state index in [-0.39, 0.29) is 24.8 Å². The number of benzene rings is 3. The summed E-state index contributed by atoms with van der Waals surface area (Å²) in [6.07, 6.45) is 9.86. The number of aryl methyl sites for hydroxylation is 1. The summed E-state index contributed by atoms with van der Waals surface area (Å²) in [5, 5.41) is 46.5. The predicted molar refractivity (Wildman–Crippen MR) is 225 cm³/mol. The molecule has 12 nitrogen and oxygen atoms in total. The third-order valence-corrected chi connectivity index (χ3v) is 11.5. The highest BCUT2D eigenvalue weighted by molar-refractivity contribution is 5.81. The number of piperidine rings is 1. The predicted octanol–water partition coefficient (Wildman–Crippen LogP) is 7.00. The first kappa shape index (κ1) is 42.8. The van der Waals surface area contributed by atoms with E-state index in [1.54, 1.807) is 0 Å². The number of carbonyl (C=O) groups excluding carboxylic acids is 2. The molecule has 1 aliphatic heterocycles. The Hall–Kier alpha value is -4.75. The number of hydrogen-bond donors (Lipinski definition) is 6. The molecule has 0 spiro atoms. The van der Waals surface area contributed by atoms with Crippen LogP contribution in [0.15, 0.2) is 91.1 Å². The number of esters is 1. The van der Waals surface area contributed by atoms with Gasteiger partial charge in [0.2, 0.25) is 6.29 Å². The van der Waals surface area contributed by atoms with Gasteiger partial charge in [0.1, 0.15) is 0 Å². The van der Waals surface area contributed by atoms with E-state index in [2.05, 4.69) is 68.2 Å². The van der Waals surface area contributed by atoms with Crippen molar-refractivity contribution in [3.8, 4) is 0 Å². The maximum Gasteiger partial charge on any atom is 0.410 e. The van der Waals surface area contributed by atoms with Crippen LogP contribution < -0.4 is 10.6 Å². The van der Waals surface area contributed by atoms with Gasteiger partial charge in [0.25, 0.3) is 0 Å². The van der Waals surface area contributed by atoms with Crippen LogP contribution in [0, 0.1) is 11.8 Å². The van der Waals surface area contributed by atoms with E-state index >= 15 is 0 Å². The smallest absolute Gasteiger partial charge is 0.410 e. The second kappa shape index (κ2) is 21.9. The van der Waals surface area contributed by atoms with E-state index < -0.39 is 36.7 Å². The Morgan fingerprint density at radius 3 is 2.64 bits per heavy atom. The first-order valence-electron chi connectivity index (χ1n) is 21.1. The van der Waals surface area contributed by atoms with Crippen molar-refractivity contribution in [3.05, 3.63) is 108 Å². The highest BCUT2D eigenvalue weighted by atomic mass is 16.7. The summed E-state index contributed by atoms with van der Waals surface area (Å²) in [5.41, 5.74) is 5.45. The lowest BCUT2D eigenvalue weighted by Gasteiger charge is -2.33. The van der Waals surface area contributed by atoms with Crippen molar-refractivity contribution in [1.82, 2.24) is 20.4 Å². The molecule has 4 aromatic rings. The summed E-state index contributed by atoms with van der Waals surface area (Å²) in [4.78, 5) is 27.4. The van der Waals surface area contributed by atoms with Gasteiger partial charge in [0.15, 0.2) is 0 Å². The molecule has 2 heterocycles.